The lowest BCUT2D eigenvalue weighted by molar-refractivity contribution is -0.143. The molecule has 0 spiro atoms. The highest BCUT2D eigenvalue weighted by Crippen LogP contribution is 2.20. The van der Waals surface area contributed by atoms with Crippen LogP contribution in [0.5, 0.6) is 0 Å². The van der Waals surface area contributed by atoms with Crippen molar-refractivity contribution in [1.82, 2.24) is 9.88 Å². The number of piperidine rings is 1. The second kappa shape index (κ2) is 5.29. The molecule has 1 aliphatic heterocycles. The molecule has 0 saturated carbocycles. The van der Waals surface area contributed by atoms with Crippen molar-refractivity contribution in [1.29, 1.82) is 0 Å². The molecule has 0 aliphatic carbocycles. The van der Waals surface area contributed by atoms with Gasteiger partial charge in [0.25, 0.3) is 5.91 Å². The molecule has 1 atom stereocenters. The first-order valence-electron chi connectivity index (χ1n) is 5.82. The Morgan fingerprint density at radius 1 is 1.42 bits per heavy atom. The van der Waals surface area contributed by atoms with E-state index >= 15 is 0 Å². The van der Waals surface area contributed by atoms with Gasteiger partial charge in [-0.2, -0.15) is 4.39 Å². The number of carbonyl (C=O) groups excluding carboxylic acids is 1. The Labute approximate surface area is 107 Å². The summed E-state index contributed by atoms with van der Waals surface area (Å²) in [5, 5.41) is 8.93. The summed E-state index contributed by atoms with van der Waals surface area (Å²) >= 11 is 0. The second-order valence-corrected chi connectivity index (χ2v) is 4.39. The number of hydrogen-bond donors (Lipinski definition) is 1. The molecular weight excluding hydrogens is 258 g/mol. The van der Waals surface area contributed by atoms with Gasteiger partial charge in [0, 0.05) is 19.3 Å². The molecule has 1 saturated heterocycles. The zero-order chi connectivity index (χ0) is 14.0. The highest BCUT2D eigenvalue weighted by molar-refractivity contribution is 5.94. The van der Waals surface area contributed by atoms with Crippen LogP contribution in [-0.2, 0) is 4.79 Å². The van der Waals surface area contributed by atoms with Crippen LogP contribution >= 0.6 is 0 Å². The van der Waals surface area contributed by atoms with Crippen molar-refractivity contribution in [2.45, 2.75) is 12.8 Å². The number of likely N-dealkylation sites (tertiary alicyclic amines) is 1. The number of hydrogen-bond acceptors (Lipinski definition) is 3. The third-order valence-electron chi connectivity index (χ3n) is 3.13. The predicted molar refractivity (Wildman–Crippen MR) is 60.4 cm³/mol. The fourth-order valence-corrected chi connectivity index (χ4v) is 2.12. The van der Waals surface area contributed by atoms with E-state index in [1.54, 1.807) is 0 Å². The van der Waals surface area contributed by atoms with Crippen molar-refractivity contribution >= 4 is 11.9 Å². The highest BCUT2D eigenvalue weighted by Gasteiger charge is 2.30. The van der Waals surface area contributed by atoms with E-state index in [1.807, 2.05) is 0 Å². The van der Waals surface area contributed by atoms with Crippen LogP contribution in [0.25, 0.3) is 0 Å². The van der Waals surface area contributed by atoms with Gasteiger partial charge in [0.2, 0.25) is 5.95 Å². The SMILES string of the molecule is O=C(O)[C@H]1CCCN(C(=O)c2ccnc(F)c2F)C1. The maximum Gasteiger partial charge on any atom is 0.308 e. The van der Waals surface area contributed by atoms with Crippen molar-refractivity contribution < 1.29 is 23.5 Å². The van der Waals surface area contributed by atoms with Crippen molar-refractivity contribution in [2.24, 2.45) is 5.92 Å². The first-order chi connectivity index (χ1) is 9.00. The lowest BCUT2D eigenvalue weighted by Gasteiger charge is -2.30. The Bertz CT molecular complexity index is 522. The molecule has 5 nitrogen and oxygen atoms in total. The smallest absolute Gasteiger partial charge is 0.308 e. The molecule has 19 heavy (non-hydrogen) atoms. The number of aromatic nitrogens is 1. The minimum absolute atomic E-state index is 0.0115. The van der Waals surface area contributed by atoms with Crippen molar-refractivity contribution in [3.63, 3.8) is 0 Å². The van der Waals surface area contributed by atoms with Crippen LogP contribution in [0.4, 0.5) is 8.78 Å². The van der Waals surface area contributed by atoms with Gasteiger partial charge in [0.15, 0.2) is 5.82 Å². The quantitative estimate of drug-likeness (QED) is 0.822. The van der Waals surface area contributed by atoms with Gasteiger partial charge in [-0.05, 0) is 18.9 Å². The normalized spacial score (nSPS) is 19.3. The number of amides is 1. The maximum atomic E-state index is 13.5. The molecule has 1 amide bonds. The number of nitrogens with zero attached hydrogens (tertiary/aromatic N) is 2. The van der Waals surface area contributed by atoms with Crippen LogP contribution in [0, 0.1) is 17.7 Å². The summed E-state index contributed by atoms with van der Waals surface area (Å²) in [5.74, 6) is -4.99. The van der Waals surface area contributed by atoms with E-state index in [4.69, 9.17) is 5.11 Å². The molecule has 7 heteroatoms. The Morgan fingerprint density at radius 2 is 2.16 bits per heavy atom. The van der Waals surface area contributed by atoms with Gasteiger partial charge in [-0.25, -0.2) is 9.37 Å². The first-order valence-corrected chi connectivity index (χ1v) is 5.82. The van der Waals surface area contributed by atoms with E-state index in [1.165, 1.54) is 4.90 Å². The molecular formula is C12H12F2N2O3. The van der Waals surface area contributed by atoms with Crippen LogP contribution in [0.2, 0.25) is 0 Å². The van der Waals surface area contributed by atoms with E-state index < -0.39 is 35.1 Å². The first kappa shape index (κ1) is 13.4. The zero-order valence-corrected chi connectivity index (χ0v) is 9.97. The van der Waals surface area contributed by atoms with Gasteiger partial charge in [-0.3, -0.25) is 9.59 Å². The summed E-state index contributed by atoms with van der Waals surface area (Å²) in [6.07, 6.45) is 2.01. The average Bonchev–Trinajstić information content (AvgIpc) is 2.41. The van der Waals surface area contributed by atoms with Gasteiger partial charge >= 0.3 is 5.97 Å². The number of carbonyl (C=O) groups is 2. The summed E-state index contributed by atoms with van der Waals surface area (Å²) in [4.78, 5) is 27.3. The third kappa shape index (κ3) is 2.69. The number of pyridine rings is 1. The Kier molecular flexibility index (Phi) is 3.73. The van der Waals surface area contributed by atoms with Crippen molar-refractivity contribution in [2.75, 3.05) is 13.1 Å². The van der Waals surface area contributed by atoms with Gasteiger partial charge in [-0.1, -0.05) is 0 Å². The molecule has 0 radical (unpaired) electrons. The van der Waals surface area contributed by atoms with Crippen LogP contribution in [-0.4, -0.2) is 40.0 Å². The van der Waals surface area contributed by atoms with Gasteiger partial charge < -0.3 is 10.0 Å². The minimum Gasteiger partial charge on any atom is -0.481 e. The van der Waals surface area contributed by atoms with Crippen LogP contribution in [0.3, 0.4) is 0 Å². The van der Waals surface area contributed by atoms with Crippen LogP contribution in [0.1, 0.15) is 23.2 Å². The predicted octanol–water partition coefficient (Wildman–Crippen LogP) is 1.30. The molecule has 0 unspecified atom stereocenters. The minimum atomic E-state index is -1.34. The molecule has 2 rings (SSSR count). The van der Waals surface area contributed by atoms with E-state index in [-0.39, 0.29) is 6.54 Å². The van der Waals surface area contributed by atoms with E-state index in [2.05, 4.69) is 4.98 Å². The largest absolute Gasteiger partial charge is 0.481 e. The lowest BCUT2D eigenvalue weighted by atomic mass is 9.97. The van der Waals surface area contributed by atoms with Crippen LogP contribution in [0.15, 0.2) is 12.3 Å². The second-order valence-electron chi connectivity index (χ2n) is 4.39. The number of aliphatic carboxylic acids is 1. The molecule has 1 fully saturated rings. The van der Waals surface area contributed by atoms with Gasteiger partial charge in [-0.15, -0.1) is 0 Å². The summed E-state index contributed by atoms with van der Waals surface area (Å²) in [6.45, 7) is 0.351. The standard InChI is InChI=1S/C12H12F2N2O3/c13-9-8(3-4-15-10(9)14)11(17)16-5-1-2-7(6-16)12(18)19/h3-4,7H,1-2,5-6H2,(H,18,19)/t7-/m0/s1. The molecule has 0 bridgehead atoms. The highest BCUT2D eigenvalue weighted by atomic mass is 19.2. The third-order valence-corrected chi connectivity index (χ3v) is 3.13. The zero-order valence-electron chi connectivity index (χ0n) is 9.97. The Hall–Kier alpha value is -2.05. The van der Waals surface area contributed by atoms with Gasteiger partial charge in [0.1, 0.15) is 0 Å². The Morgan fingerprint density at radius 3 is 2.84 bits per heavy atom. The number of carboxylic acid groups (broad SMARTS) is 1. The Balaban J connectivity index is 2.19. The number of rotatable bonds is 2. The molecule has 0 aromatic carbocycles. The van der Waals surface area contributed by atoms with Gasteiger partial charge in [0.05, 0.1) is 11.5 Å². The molecule has 1 N–H and O–H groups in total. The lowest BCUT2D eigenvalue weighted by Crippen LogP contribution is -2.42. The fraction of sp³-hybridized carbons (Fsp3) is 0.417. The maximum absolute atomic E-state index is 13.5. The summed E-state index contributed by atoms with van der Waals surface area (Å²) in [5.41, 5.74) is -0.418. The van der Waals surface area contributed by atoms with E-state index in [0.29, 0.717) is 19.4 Å². The van der Waals surface area contributed by atoms with E-state index in [0.717, 1.165) is 12.3 Å². The monoisotopic (exact) mass is 270 g/mol. The van der Waals surface area contributed by atoms with Crippen molar-refractivity contribution in [3.8, 4) is 0 Å². The summed E-state index contributed by atoms with van der Waals surface area (Å²) in [7, 11) is 0. The van der Waals surface area contributed by atoms with E-state index in [9.17, 15) is 18.4 Å². The molecule has 2 heterocycles. The molecule has 1 aliphatic rings. The molecule has 1 aromatic rings. The number of carboxylic acids is 1. The fourth-order valence-electron chi connectivity index (χ4n) is 2.12. The topological polar surface area (TPSA) is 70.5 Å². The summed E-state index contributed by atoms with van der Waals surface area (Å²) < 4.78 is 26.4. The molecule has 102 valence electrons. The average molecular weight is 270 g/mol. The number of halogens is 2. The van der Waals surface area contributed by atoms with Crippen molar-refractivity contribution in [3.05, 3.63) is 29.6 Å². The van der Waals surface area contributed by atoms with Crippen LogP contribution < -0.4 is 0 Å². The molecule has 1 aromatic heterocycles. The summed E-state index contributed by atoms with van der Waals surface area (Å²) in [6, 6.07) is 1.09.